The van der Waals surface area contributed by atoms with E-state index in [-0.39, 0.29) is 23.6 Å². The van der Waals surface area contributed by atoms with Gasteiger partial charge in [0, 0.05) is 33.5 Å². The molecule has 0 radical (unpaired) electrons. The summed E-state index contributed by atoms with van der Waals surface area (Å²) in [6.07, 6.45) is 0.173. The number of hydrogen-bond donors (Lipinski definition) is 0. The lowest BCUT2D eigenvalue weighted by Gasteiger charge is -2.08. The van der Waals surface area contributed by atoms with Crippen LogP contribution in [0.2, 0.25) is 5.02 Å². The number of nitrogens with zero attached hydrogens (tertiary/aromatic N) is 3. The highest BCUT2D eigenvalue weighted by Gasteiger charge is 2.18. The summed E-state index contributed by atoms with van der Waals surface area (Å²) in [5.74, 6) is 4.74. The normalized spacial score (nSPS) is 10.7. The number of hydrogen-bond acceptors (Lipinski definition) is 5. The van der Waals surface area contributed by atoms with E-state index in [1.807, 2.05) is 6.07 Å². The van der Waals surface area contributed by atoms with Crippen LogP contribution in [-0.2, 0) is 6.61 Å². The first-order valence-corrected chi connectivity index (χ1v) is 9.61. The molecule has 0 fully saturated rings. The van der Waals surface area contributed by atoms with Gasteiger partial charge in [-0.05, 0) is 36.4 Å². The van der Waals surface area contributed by atoms with Crippen molar-refractivity contribution < 1.29 is 22.3 Å². The number of halogens is 4. The van der Waals surface area contributed by atoms with Crippen LogP contribution in [0.15, 0.2) is 65.3 Å². The van der Waals surface area contributed by atoms with Crippen molar-refractivity contribution in [3.63, 3.8) is 0 Å². The Labute approximate surface area is 185 Å². The van der Waals surface area contributed by atoms with Crippen LogP contribution in [0.25, 0.3) is 11.5 Å². The summed E-state index contributed by atoms with van der Waals surface area (Å²) in [6.45, 7) is -0.0783. The van der Waals surface area contributed by atoms with E-state index in [2.05, 4.69) is 27.0 Å². The first kappa shape index (κ1) is 21.4. The summed E-state index contributed by atoms with van der Waals surface area (Å²) in [4.78, 5) is 4.08. The van der Waals surface area contributed by atoms with Crippen LogP contribution >= 0.6 is 11.6 Å². The number of aromatic nitrogens is 3. The summed E-state index contributed by atoms with van der Waals surface area (Å²) in [5, 5.41) is 7.32. The fourth-order valence-electron chi connectivity index (χ4n) is 2.67. The highest BCUT2D eigenvalue weighted by atomic mass is 35.5. The van der Waals surface area contributed by atoms with Gasteiger partial charge in [0.25, 0.3) is 5.89 Å². The van der Waals surface area contributed by atoms with Crippen LogP contribution in [0, 0.1) is 17.7 Å². The zero-order valence-electron chi connectivity index (χ0n) is 16.2. The molecular weight excluding hydrogens is 443 g/mol. The maximum Gasteiger partial charge on any atom is 0.314 e. The van der Waals surface area contributed by atoms with Gasteiger partial charge in [-0.25, -0.2) is 4.39 Å². The van der Waals surface area contributed by atoms with Crippen molar-refractivity contribution in [2.75, 3.05) is 0 Å². The van der Waals surface area contributed by atoms with Gasteiger partial charge < -0.3 is 9.15 Å². The summed E-state index contributed by atoms with van der Waals surface area (Å²) in [7, 11) is 0. The van der Waals surface area contributed by atoms with Gasteiger partial charge in [-0.1, -0.05) is 35.6 Å². The Hall–Kier alpha value is -3.83. The smallest absolute Gasteiger partial charge is 0.314 e. The van der Waals surface area contributed by atoms with E-state index in [9.17, 15) is 13.2 Å². The molecule has 0 aliphatic rings. The predicted molar refractivity (Wildman–Crippen MR) is 111 cm³/mol. The minimum atomic E-state index is -2.90. The molecule has 5 nitrogen and oxygen atoms in total. The second-order valence-electron chi connectivity index (χ2n) is 6.51. The molecule has 160 valence electrons. The quantitative estimate of drug-likeness (QED) is 0.354. The monoisotopic (exact) mass is 455 g/mol. The highest BCUT2D eigenvalue weighted by Crippen LogP contribution is 2.25. The van der Waals surface area contributed by atoms with E-state index in [1.54, 1.807) is 30.5 Å². The molecule has 0 aliphatic carbocycles. The van der Waals surface area contributed by atoms with E-state index in [4.69, 9.17) is 20.8 Å². The molecule has 0 spiro atoms. The second-order valence-corrected chi connectivity index (χ2v) is 6.95. The molecule has 0 unspecified atom stereocenters. The third kappa shape index (κ3) is 5.25. The van der Waals surface area contributed by atoms with Gasteiger partial charge in [0.1, 0.15) is 18.2 Å². The van der Waals surface area contributed by atoms with Crippen molar-refractivity contribution in [3.8, 4) is 29.0 Å². The molecule has 4 aromatic rings. The molecule has 32 heavy (non-hydrogen) atoms. The molecule has 2 aromatic carbocycles. The number of benzene rings is 2. The number of ether oxygens (including phenoxy) is 1. The lowest BCUT2D eigenvalue weighted by molar-refractivity contribution is 0.116. The molecular formula is C23H13ClF3N3O2. The van der Waals surface area contributed by atoms with E-state index in [1.165, 1.54) is 18.3 Å². The van der Waals surface area contributed by atoms with E-state index in [0.717, 1.165) is 11.6 Å². The minimum Gasteiger partial charge on any atom is -0.487 e. The Balaban J connectivity index is 1.44. The van der Waals surface area contributed by atoms with Crippen molar-refractivity contribution in [1.29, 1.82) is 0 Å². The molecule has 4 rings (SSSR count). The fourth-order valence-corrected chi connectivity index (χ4v) is 2.86. The predicted octanol–water partition coefficient (Wildman–Crippen LogP) is 5.84. The number of rotatable bonds is 5. The van der Waals surface area contributed by atoms with E-state index >= 15 is 0 Å². The van der Waals surface area contributed by atoms with Gasteiger partial charge >= 0.3 is 6.43 Å². The van der Waals surface area contributed by atoms with Crippen molar-refractivity contribution in [3.05, 3.63) is 94.3 Å². The van der Waals surface area contributed by atoms with E-state index < -0.39 is 18.1 Å². The third-order valence-corrected chi connectivity index (χ3v) is 4.45. The lowest BCUT2D eigenvalue weighted by atomic mass is 10.1. The standard InChI is InChI=1S/C23H13ClF3N3O2/c24-18-3-1-2-14(8-18)4-5-15-9-19(12-28-11-15)31-13-17-7-6-16(10-20(17)25)22-29-30-23(32-22)21(26)27/h1-3,6-12,21H,13H2. The summed E-state index contributed by atoms with van der Waals surface area (Å²) >= 11 is 5.95. The highest BCUT2D eigenvalue weighted by molar-refractivity contribution is 6.30. The van der Waals surface area contributed by atoms with Gasteiger partial charge in [0.15, 0.2) is 0 Å². The lowest BCUT2D eigenvalue weighted by Crippen LogP contribution is -1.99. The Bertz CT molecular complexity index is 1320. The summed E-state index contributed by atoms with van der Waals surface area (Å²) in [5.41, 5.74) is 1.81. The van der Waals surface area contributed by atoms with Gasteiger partial charge in [-0.2, -0.15) is 8.78 Å². The molecule has 0 N–H and O–H groups in total. The number of alkyl halides is 2. The SMILES string of the molecule is Fc1cc(-c2nnc(C(F)F)o2)ccc1COc1cncc(C#Cc2cccc(Cl)c2)c1. The topological polar surface area (TPSA) is 61.0 Å². The van der Waals surface area contributed by atoms with Crippen molar-refractivity contribution >= 4 is 11.6 Å². The molecule has 0 atom stereocenters. The Kier molecular flexibility index (Phi) is 6.38. The Morgan fingerprint density at radius 1 is 1.00 bits per heavy atom. The van der Waals surface area contributed by atoms with Crippen molar-refractivity contribution in [2.24, 2.45) is 0 Å². The average molecular weight is 456 g/mol. The molecule has 0 bridgehead atoms. The number of pyridine rings is 1. The molecule has 2 heterocycles. The van der Waals surface area contributed by atoms with Crippen LogP contribution in [-0.4, -0.2) is 15.2 Å². The van der Waals surface area contributed by atoms with Crippen LogP contribution in [0.3, 0.4) is 0 Å². The van der Waals surface area contributed by atoms with Crippen molar-refractivity contribution in [1.82, 2.24) is 15.2 Å². The van der Waals surface area contributed by atoms with Gasteiger partial charge in [-0.3, -0.25) is 4.98 Å². The van der Waals surface area contributed by atoms with E-state index in [0.29, 0.717) is 16.3 Å². The fraction of sp³-hybridized carbons (Fsp3) is 0.0870. The van der Waals surface area contributed by atoms with Gasteiger partial charge in [-0.15, -0.1) is 10.2 Å². The van der Waals surface area contributed by atoms with Crippen LogP contribution < -0.4 is 4.74 Å². The molecule has 2 aromatic heterocycles. The maximum atomic E-state index is 14.5. The molecule has 0 amide bonds. The maximum absolute atomic E-state index is 14.5. The van der Waals surface area contributed by atoms with Crippen LogP contribution in [0.4, 0.5) is 13.2 Å². The van der Waals surface area contributed by atoms with Gasteiger partial charge in [0.05, 0.1) is 6.20 Å². The van der Waals surface area contributed by atoms with Gasteiger partial charge in [0.2, 0.25) is 5.89 Å². The molecule has 0 saturated carbocycles. The molecule has 0 saturated heterocycles. The first-order valence-electron chi connectivity index (χ1n) is 9.24. The minimum absolute atomic E-state index is 0.0783. The van der Waals surface area contributed by atoms with Crippen molar-refractivity contribution in [2.45, 2.75) is 13.0 Å². The largest absolute Gasteiger partial charge is 0.487 e. The Morgan fingerprint density at radius 3 is 2.59 bits per heavy atom. The Morgan fingerprint density at radius 2 is 1.84 bits per heavy atom. The molecule has 0 aliphatic heterocycles. The zero-order valence-corrected chi connectivity index (χ0v) is 17.0. The average Bonchev–Trinajstić information content (AvgIpc) is 3.28. The second kappa shape index (κ2) is 9.54. The third-order valence-electron chi connectivity index (χ3n) is 4.21. The summed E-state index contributed by atoms with van der Waals surface area (Å²) < 4.78 is 50.1. The van der Waals surface area contributed by atoms with Crippen LogP contribution in [0.1, 0.15) is 29.0 Å². The first-order chi connectivity index (χ1) is 15.5. The van der Waals surface area contributed by atoms with Crippen LogP contribution in [0.5, 0.6) is 5.75 Å². The summed E-state index contributed by atoms with van der Waals surface area (Å²) in [6, 6.07) is 12.9. The zero-order chi connectivity index (χ0) is 22.5. The molecule has 9 heteroatoms.